The summed E-state index contributed by atoms with van der Waals surface area (Å²) in [4.78, 5) is 15.1. The van der Waals surface area contributed by atoms with E-state index in [4.69, 9.17) is 18.9 Å². The first kappa shape index (κ1) is 13.4. The van der Waals surface area contributed by atoms with Gasteiger partial charge in [-0.15, -0.1) is 0 Å². The van der Waals surface area contributed by atoms with Crippen LogP contribution in [-0.2, 0) is 12.8 Å². The number of carbonyl (C=O) groups excluding carboxylic acids is 1. The number of fused-ring (bicyclic) bond motifs is 7. The largest absolute Gasteiger partial charge is 0.454 e. The maximum atomic E-state index is 13.2. The molecule has 0 saturated carbocycles. The van der Waals surface area contributed by atoms with Crippen LogP contribution < -0.4 is 18.9 Å². The van der Waals surface area contributed by atoms with Crippen molar-refractivity contribution in [3.63, 3.8) is 0 Å². The Kier molecular flexibility index (Phi) is 2.46. The summed E-state index contributed by atoms with van der Waals surface area (Å²) in [6.45, 7) is 1.13. The van der Waals surface area contributed by atoms with Gasteiger partial charge in [0.05, 0.1) is 11.6 Å². The molecule has 6 rings (SSSR count). The molecular weight excluding hydrogens is 322 g/mol. The van der Waals surface area contributed by atoms with E-state index in [9.17, 15) is 4.79 Å². The van der Waals surface area contributed by atoms with Crippen molar-refractivity contribution in [2.45, 2.75) is 18.9 Å². The van der Waals surface area contributed by atoms with Gasteiger partial charge in [-0.2, -0.15) is 0 Å². The minimum absolute atomic E-state index is 0.0249. The van der Waals surface area contributed by atoms with Crippen molar-refractivity contribution in [2.24, 2.45) is 0 Å². The van der Waals surface area contributed by atoms with E-state index in [1.165, 1.54) is 5.56 Å². The number of hydrogen-bond donors (Lipinski definition) is 0. The first-order chi connectivity index (χ1) is 12.3. The number of nitrogens with zero attached hydrogens (tertiary/aromatic N) is 1. The van der Waals surface area contributed by atoms with Crippen LogP contribution in [0.2, 0.25) is 0 Å². The Morgan fingerprint density at radius 3 is 2.64 bits per heavy atom. The van der Waals surface area contributed by atoms with Gasteiger partial charge in [0.2, 0.25) is 13.6 Å². The van der Waals surface area contributed by atoms with E-state index in [1.807, 2.05) is 23.1 Å². The molecule has 6 nitrogen and oxygen atoms in total. The zero-order valence-electron chi connectivity index (χ0n) is 13.4. The molecule has 1 amide bonds. The number of amides is 1. The van der Waals surface area contributed by atoms with Crippen LogP contribution in [0.5, 0.6) is 23.0 Å². The second-order valence-electron chi connectivity index (χ2n) is 6.71. The van der Waals surface area contributed by atoms with Gasteiger partial charge in [-0.05, 0) is 47.7 Å². The second kappa shape index (κ2) is 4.59. The van der Waals surface area contributed by atoms with Crippen molar-refractivity contribution in [1.82, 2.24) is 4.90 Å². The first-order valence-corrected chi connectivity index (χ1v) is 8.44. The molecule has 0 radical (unpaired) electrons. The third kappa shape index (κ3) is 1.71. The molecule has 0 aliphatic carbocycles. The highest BCUT2D eigenvalue weighted by Crippen LogP contribution is 2.47. The van der Waals surface area contributed by atoms with E-state index >= 15 is 0 Å². The molecule has 0 fully saturated rings. The van der Waals surface area contributed by atoms with Gasteiger partial charge in [0, 0.05) is 6.54 Å². The number of rotatable bonds is 0. The maximum Gasteiger partial charge on any atom is 0.258 e. The number of ether oxygens (including phenoxy) is 4. The normalized spacial score (nSPS) is 21.7. The summed E-state index contributed by atoms with van der Waals surface area (Å²) in [6, 6.07) is 8.01. The van der Waals surface area contributed by atoms with Crippen molar-refractivity contribution >= 4 is 5.91 Å². The average molecular weight is 337 g/mol. The Labute approximate surface area is 143 Å². The first-order valence-electron chi connectivity index (χ1n) is 8.44. The molecule has 2 aromatic rings. The zero-order valence-corrected chi connectivity index (χ0v) is 13.4. The highest BCUT2D eigenvalue weighted by atomic mass is 16.7. The summed E-state index contributed by atoms with van der Waals surface area (Å²) in [7, 11) is 0. The van der Waals surface area contributed by atoms with Crippen LogP contribution in [0.15, 0.2) is 24.3 Å². The summed E-state index contributed by atoms with van der Waals surface area (Å²) >= 11 is 0. The van der Waals surface area contributed by atoms with Crippen LogP contribution in [0.1, 0.15) is 33.1 Å². The number of benzene rings is 2. The van der Waals surface area contributed by atoms with Crippen molar-refractivity contribution in [1.29, 1.82) is 0 Å². The van der Waals surface area contributed by atoms with Gasteiger partial charge in [0.1, 0.15) is 0 Å². The van der Waals surface area contributed by atoms with E-state index in [0.29, 0.717) is 23.6 Å². The Balaban J connectivity index is 1.49. The molecule has 1 atom stereocenters. The third-order valence-corrected chi connectivity index (χ3v) is 5.51. The van der Waals surface area contributed by atoms with Gasteiger partial charge >= 0.3 is 0 Å². The summed E-state index contributed by atoms with van der Waals surface area (Å²) in [5.74, 6) is 2.85. The predicted octanol–water partition coefficient (Wildman–Crippen LogP) is 2.44. The van der Waals surface area contributed by atoms with E-state index < -0.39 is 0 Å². The second-order valence-corrected chi connectivity index (χ2v) is 6.71. The summed E-state index contributed by atoms with van der Waals surface area (Å²) in [6.07, 6.45) is 1.58. The van der Waals surface area contributed by atoms with Gasteiger partial charge in [-0.25, -0.2) is 0 Å². The topological polar surface area (TPSA) is 57.2 Å². The third-order valence-electron chi connectivity index (χ3n) is 5.51. The van der Waals surface area contributed by atoms with Gasteiger partial charge in [0.25, 0.3) is 5.91 Å². The fourth-order valence-electron chi connectivity index (χ4n) is 4.32. The molecule has 0 spiro atoms. The lowest BCUT2D eigenvalue weighted by atomic mass is 9.83. The maximum absolute atomic E-state index is 13.2. The minimum atomic E-state index is 0.0249. The zero-order chi connectivity index (χ0) is 16.5. The SMILES string of the molecule is O=C1c2c(ccc3c2OCO3)CC2c3cc4c(cc3CCN12)OCO4. The molecule has 4 heterocycles. The smallest absolute Gasteiger partial charge is 0.258 e. The molecule has 4 aliphatic rings. The van der Waals surface area contributed by atoms with E-state index in [2.05, 4.69) is 6.07 Å². The van der Waals surface area contributed by atoms with Crippen LogP contribution in [-0.4, -0.2) is 30.9 Å². The van der Waals surface area contributed by atoms with E-state index in [0.717, 1.165) is 35.5 Å². The van der Waals surface area contributed by atoms with Crippen molar-refractivity contribution in [3.8, 4) is 23.0 Å². The monoisotopic (exact) mass is 337 g/mol. The molecule has 0 aromatic heterocycles. The molecule has 1 unspecified atom stereocenters. The Bertz CT molecular complexity index is 938. The van der Waals surface area contributed by atoms with Crippen molar-refractivity contribution in [3.05, 3.63) is 46.5 Å². The molecule has 0 N–H and O–H groups in total. The molecule has 0 bridgehead atoms. The lowest BCUT2D eigenvalue weighted by Crippen LogP contribution is -2.44. The average Bonchev–Trinajstić information content (AvgIpc) is 3.28. The lowest BCUT2D eigenvalue weighted by Gasteiger charge is -2.41. The number of carbonyl (C=O) groups is 1. The van der Waals surface area contributed by atoms with Crippen LogP contribution in [0, 0.1) is 0 Å². The molecule has 2 aromatic carbocycles. The minimum Gasteiger partial charge on any atom is -0.454 e. The predicted molar refractivity (Wildman–Crippen MR) is 86.3 cm³/mol. The van der Waals surface area contributed by atoms with Crippen molar-refractivity contribution < 1.29 is 23.7 Å². The Hall–Kier alpha value is -2.89. The Morgan fingerprint density at radius 2 is 1.72 bits per heavy atom. The van der Waals surface area contributed by atoms with Gasteiger partial charge in [0.15, 0.2) is 23.0 Å². The van der Waals surface area contributed by atoms with Crippen LogP contribution >= 0.6 is 0 Å². The quantitative estimate of drug-likeness (QED) is 0.739. The fraction of sp³-hybridized carbons (Fsp3) is 0.316. The van der Waals surface area contributed by atoms with Crippen LogP contribution in [0.25, 0.3) is 0 Å². The molecule has 4 aliphatic heterocycles. The highest BCUT2D eigenvalue weighted by molar-refractivity contribution is 6.01. The van der Waals surface area contributed by atoms with Crippen LogP contribution in [0.3, 0.4) is 0 Å². The van der Waals surface area contributed by atoms with E-state index in [1.54, 1.807) is 0 Å². The molecule has 0 saturated heterocycles. The molecular formula is C19H15NO5. The standard InChI is InChI=1S/C19H15NO5/c21-19-17-11(1-2-14-18(17)25-9-22-14)5-13-12-7-16-15(23-8-24-16)6-10(12)3-4-20(13)19/h1-2,6-7,13H,3-5,8-9H2. The molecule has 25 heavy (non-hydrogen) atoms. The summed E-state index contributed by atoms with van der Waals surface area (Å²) in [5, 5.41) is 0. The molecule has 126 valence electrons. The Morgan fingerprint density at radius 1 is 0.920 bits per heavy atom. The van der Waals surface area contributed by atoms with Crippen LogP contribution in [0.4, 0.5) is 0 Å². The summed E-state index contributed by atoms with van der Waals surface area (Å²) in [5.41, 5.74) is 4.08. The lowest BCUT2D eigenvalue weighted by molar-refractivity contribution is 0.0626. The number of hydrogen-bond acceptors (Lipinski definition) is 5. The van der Waals surface area contributed by atoms with Gasteiger partial charge in [-0.1, -0.05) is 6.07 Å². The van der Waals surface area contributed by atoms with E-state index in [-0.39, 0.29) is 25.5 Å². The van der Waals surface area contributed by atoms with Gasteiger partial charge in [-0.3, -0.25) is 4.79 Å². The molecule has 6 heteroatoms. The highest BCUT2D eigenvalue weighted by Gasteiger charge is 2.40. The van der Waals surface area contributed by atoms with Crippen molar-refractivity contribution in [2.75, 3.05) is 20.1 Å². The summed E-state index contributed by atoms with van der Waals surface area (Å²) < 4.78 is 22.0. The van der Waals surface area contributed by atoms with Gasteiger partial charge < -0.3 is 23.8 Å². The fourth-order valence-corrected chi connectivity index (χ4v) is 4.32.